The van der Waals surface area contributed by atoms with E-state index in [2.05, 4.69) is 6.92 Å². The summed E-state index contributed by atoms with van der Waals surface area (Å²) in [7, 11) is 0. The fourth-order valence-corrected chi connectivity index (χ4v) is 1.42. The first-order valence-corrected chi connectivity index (χ1v) is 5.52. The molecule has 0 N–H and O–H groups in total. The highest BCUT2D eigenvalue weighted by Crippen LogP contribution is 2.05. The average Bonchev–Trinajstić information content (AvgIpc) is 2.09. The van der Waals surface area contributed by atoms with Crippen molar-refractivity contribution in [3.8, 4) is 0 Å². The standard InChI is InChI=1S/C10H20ClNO/c1-4-5-6-10(13)12(8-7-11)9(2)3/h9H,4-8H2,1-3H3. The number of unbranched alkanes of at least 4 members (excludes halogenated alkanes) is 1. The van der Waals surface area contributed by atoms with Crippen molar-refractivity contribution in [2.75, 3.05) is 12.4 Å². The van der Waals surface area contributed by atoms with Gasteiger partial charge in [-0.1, -0.05) is 13.3 Å². The summed E-state index contributed by atoms with van der Waals surface area (Å²) in [5, 5.41) is 0. The van der Waals surface area contributed by atoms with Crippen molar-refractivity contribution in [1.29, 1.82) is 0 Å². The summed E-state index contributed by atoms with van der Waals surface area (Å²) in [6, 6.07) is 0.267. The Hall–Kier alpha value is -0.240. The van der Waals surface area contributed by atoms with Gasteiger partial charge in [-0.3, -0.25) is 4.79 Å². The van der Waals surface area contributed by atoms with Crippen LogP contribution in [0, 0.1) is 0 Å². The van der Waals surface area contributed by atoms with Gasteiger partial charge in [0.25, 0.3) is 0 Å². The molecule has 0 spiro atoms. The van der Waals surface area contributed by atoms with E-state index in [9.17, 15) is 4.79 Å². The number of amides is 1. The van der Waals surface area contributed by atoms with Crippen LogP contribution in [-0.2, 0) is 4.79 Å². The minimum Gasteiger partial charge on any atom is -0.339 e. The number of carbonyl (C=O) groups excluding carboxylic acids is 1. The molecule has 0 saturated carbocycles. The number of nitrogens with zero attached hydrogens (tertiary/aromatic N) is 1. The van der Waals surface area contributed by atoms with Gasteiger partial charge in [-0.15, -0.1) is 11.6 Å². The molecule has 0 heterocycles. The van der Waals surface area contributed by atoms with E-state index >= 15 is 0 Å². The zero-order valence-corrected chi connectivity index (χ0v) is 9.60. The van der Waals surface area contributed by atoms with Gasteiger partial charge in [-0.2, -0.15) is 0 Å². The number of halogens is 1. The lowest BCUT2D eigenvalue weighted by molar-refractivity contribution is -0.132. The maximum absolute atomic E-state index is 11.6. The van der Waals surface area contributed by atoms with Crippen molar-refractivity contribution in [2.24, 2.45) is 0 Å². The Morgan fingerprint density at radius 2 is 2.08 bits per heavy atom. The molecule has 0 bridgehead atoms. The third-order valence-corrected chi connectivity index (χ3v) is 2.18. The smallest absolute Gasteiger partial charge is 0.222 e. The number of alkyl halides is 1. The van der Waals surface area contributed by atoms with Gasteiger partial charge in [0, 0.05) is 24.9 Å². The Bertz CT molecular complexity index is 148. The largest absolute Gasteiger partial charge is 0.339 e. The monoisotopic (exact) mass is 205 g/mol. The molecule has 0 saturated heterocycles. The lowest BCUT2D eigenvalue weighted by Crippen LogP contribution is -2.38. The normalized spacial score (nSPS) is 10.5. The van der Waals surface area contributed by atoms with E-state index in [4.69, 9.17) is 11.6 Å². The second-order valence-corrected chi connectivity index (χ2v) is 3.85. The first-order valence-electron chi connectivity index (χ1n) is 4.98. The van der Waals surface area contributed by atoms with E-state index in [1.807, 2.05) is 18.7 Å². The van der Waals surface area contributed by atoms with Gasteiger partial charge < -0.3 is 4.90 Å². The fraction of sp³-hybridized carbons (Fsp3) is 0.900. The van der Waals surface area contributed by atoms with Gasteiger partial charge >= 0.3 is 0 Å². The van der Waals surface area contributed by atoms with Crippen LogP contribution in [0.5, 0.6) is 0 Å². The Morgan fingerprint density at radius 3 is 2.46 bits per heavy atom. The van der Waals surface area contributed by atoms with Crippen LogP contribution in [0.25, 0.3) is 0 Å². The fourth-order valence-electron chi connectivity index (χ4n) is 1.23. The molecule has 0 aromatic rings. The highest BCUT2D eigenvalue weighted by Gasteiger charge is 2.14. The Morgan fingerprint density at radius 1 is 1.46 bits per heavy atom. The molecule has 0 aliphatic carbocycles. The molecule has 0 radical (unpaired) electrons. The molecular formula is C10H20ClNO. The molecule has 0 fully saturated rings. The van der Waals surface area contributed by atoms with Crippen LogP contribution in [0.2, 0.25) is 0 Å². The first kappa shape index (κ1) is 12.8. The number of hydrogen-bond donors (Lipinski definition) is 0. The molecule has 3 heteroatoms. The van der Waals surface area contributed by atoms with Crippen molar-refractivity contribution >= 4 is 17.5 Å². The van der Waals surface area contributed by atoms with E-state index in [0.29, 0.717) is 18.8 Å². The maximum Gasteiger partial charge on any atom is 0.222 e. The highest BCUT2D eigenvalue weighted by atomic mass is 35.5. The minimum atomic E-state index is 0.234. The quantitative estimate of drug-likeness (QED) is 0.611. The Labute approximate surface area is 86.2 Å². The molecule has 2 nitrogen and oxygen atoms in total. The van der Waals surface area contributed by atoms with Gasteiger partial charge in [-0.05, 0) is 20.3 Å². The molecule has 0 rings (SSSR count). The summed E-state index contributed by atoms with van der Waals surface area (Å²) in [5.74, 6) is 0.758. The van der Waals surface area contributed by atoms with Crippen LogP contribution < -0.4 is 0 Å². The predicted molar refractivity (Wildman–Crippen MR) is 57.1 cm³/mol. The van der Waals surface area contributed by atoms with Gasteiger partial charge in [0.05, 0.1) is 0 Å². The van der Waals surface area contributed by atoms with Crippen molar-refractivity contribution in [3.63, 3.8) is 0 Å². The lowest BCUT2D eigenvalue weighted by Gasteiger charge is -2.25. The average molecular weight is 206 g/mol. The van der Waals surface area contributed by atoms with E-state index in [-0.39, 0.29) is 11.9 Å². The summed E-state index contributed by atoms with van der Waals surface area (Å²) in [6.45, 7) is 6.81. The van der Waals surface area contributed by atoms with Crippen molar-refractivity contribution in [3.05, 3.63) is 0 Å². The van der Waals surface area contributed by atoms with Crippen molar-refractivity contribution < 1.29 is 4.79 Å². The van der Waals surface area contributed by atoms with Crippen molar-refractivity contribution in [1.82, 2.24) is 4.90 Å². The molecule has 1 amide bonds. The summed E-state index contributed by atoms with van der Waals surface area (Å²) in [5.41, 5.74) is 0. The molecule has 0 unspecified atom stereocenters. The van der Waals surface area contributed by atoms with Crippen LogP contribution in [0.4, 0.5) is 0 Å². The summed E-state index contributed by atoms with van der Waals surface area (Å²) >= 11 is 5.62. The van der Waals surface area contributed by atoms with Crippen molar-refractivity contribution in [2.45, 2.75) is 46.1 Å². The molecular weight excluding hydrogens is 186 g/mol. The third kappa shape index (κ3) is 5.14. The van der Waals surface area contributed by atoms with Crippen LogP contribution in [0.15, 0.2) is 0 Å². The number of hydrogen-bond acceptors (Lipinski definition) is 1. The van der Waals surface area contributed by atoms with Crippen LogP contribution in [0.1, 0.15) is 40.0 Å². The summed E-state index contributed by atoms with van der Waals surface area (Å²) in [4.78, 5) is 13.5. The van der Waals surface area contributed by atoms with Crippen LogP contribution in [0.3, 0.4) is 0 Å². The Kier molecular flexibility index (Phi) is 7.06. The molecule has 0 aromatic heterocycles. The highest BCUT2D eigenvalue weighted by molar-refractivity contribution is 6.18. The van der Waals surface area contributed by atoms with Gasteiger partial charge in [0.15, 0.2) is 0 Å². The Balaban J connectivity index is 3.96. The molecule has 0 aliphatic rings. The first-order chi connectivity index (χ1) is 6.13. The second-order valence-electron chi connectivity index (χ2n) is 3.47. The summed E-state index contributed by atoms with van der Waals surface area (Å²) in [6.07, 6.45) is 2.70. The zero-order valence-electron chi connectivity index (χ0n) is 8.85. The zero-order chi connectivity index (χ0) is 10.3. The van der Waals surface area contributed by atoms with E-state index in [0.717, 1.165) is 12.8 Å². The molecule has 78 valence electrons. The van der Waals surface area contributed by atoms with E-state index in [1.165, 1.54) is 0 Å². The number of carbonyl (C=O) groups is 1. The van der Waals surface area contributed by atoms with Gasteiger partial charge in [-0.25, -0.2) is 0 Å². The molecule has 0 aromatic carbocycles. The minimum absolute atomic E-state index is 0.234. The third-order valence-electron chi connectivity index (χ3n) is 2.01. The van der Waals surface area contributed by atoms with Crippen LogP contribution in [-0.4, -0.2) is 29.3 Å². The van der Waals surface area contributed by atoms with Gasteiger partial charge in [0.2, 0.25) is 5.91 Å². The van der Waals surface area contributed by atoms with Gasteiger partial charge in [0.1, 0.15) is 0 Å². The lowest BCUT2D eigenvalue weighted by atomic mass is 10.2. The molecule has 0 aliphatic heterocycles. The SMILES string of the molecule is CCCCC(=O)N(CCCl)C(C)C. The molecule has 13 heavy (non-hydrogen) atoms. The summed E-state index contributed by atoms with van der Waals surface area (Å²) < 4.78 is 0. The van der Waals surface area contributed by atoms with Crippen LogP contribution >= 0.6 is 11.6 Å². The van der Waals surface area contributed by atoms with E-state index < -0.39 is 0 Å². The van der Waals surface area contributed by atoms with E-state index in [1.54, 1.807) is 0 Å². The maximum atomic E-state index is 11.6. The predicted octanol–water partition coefficient (Wildman–Crippen LogP) is 2.65. The molecule has 0 atom stereocenters. The second kappa shape index (κ2) is 7.19. The number of rotatable bonds is 6. The topological polar surface area (TPSA) is 20.3 Å².